The monoisotopic (exact) mass is 330 g/mol. The molecular weight excluding hydrogens is 316 g/mol. The lowest BCUT2D eigenvalue weighted by atomic mass is 10.1. The second-order valence-corrected chi connectivity index (χ2v) is 6.22. The van der Waals surface area contributed by atoms with Crippen LogP contribution in [0.15, 0.2) is 54.7 Å². The third kappa shape index (κ3) is 3.50. The highest BCUT2D eigenvalue weighted by atomic mass is 32.2. The molecule has 2 aromatic carbocycles. The van der Waals surface area contributed by atoms with Crippen molar-refractivity contribution < 1.29 is 13.2 Å². The number of fused-ring (bicyclic) bond motifs is 1. The largest absolute Gasteiger partial charge is 0.361 e. The molecule has 0 bridgehead atoms. The number of carbonyl (C=O) groups excluding carboxylic acids is 1. The molecule has 0 aliphatic carbocycles. The number of hydrogen-bond acceptors (Lipinski definition) is 4. The van der Waals surface area contributed by atoms with E-state index in [1.165, 1.54) is 0 Å². The first-order valence-corrected chi connectivity index (χ1v) is 8.25. The van der Waals surface area contributed by atoms with Gasteiger partial charge in [0, 0.05) is 28.8 Å². The van der Waals surface area contributed by atoms with Gasteiger partial charge in [-0.25, -0.2) is 5.14 Å². The van der Waals surface area contributed by atoms with E-state index >= 15 is 0 Å². The van der Waals surface area contributed by atoms with Crippen LogP contribution in [0.5, 0.6) is 0 Å². The van der Waals surface area contributed by atoms with Gasteiger partial charge in [-0.2, -0.15) is 8.42 Å². The minimum atomic E-state index is -3.79. The molecule has 1 aliphatic heterocycles. The van der Waals surface area contributed by atoms with Crippen molar-refractivity contribution >= 4 is 38.8 Å². The lowest BCUT2D eigenvalue weighted by Gasteiger charge is -2.06. The Morgan fingerprint density at radius 3 is 2.35 bits per heavy atom. The van der Waals surface area contributed by atoms with Gasteiger partial charge in [0.05, 0.1) is 5.57 Å². The minimum absolute atomic E-state index is 0.175. The first kappa shape index (κ1) is 15.1. The van der Waals surface area contributed by atoms with Gasteiger partial charge in [0.15, 0.2) is 0 Å². The van der Waals surface area contributed by atoms with E-state index in [9.17, 15) is 13.2 Å². The van der Waals surface area contributed by atoms with E-state index in [0.717, 1.165) is 11.3 Å². The maximum atomic E-state index is 12.0. The van der Waals surface area contributed by atoms with Crippen molar-refractivity contribution in [2.75, 3.05) is 15.4 Å². The molecule has 118 valence electrons. The summed E-state index contributed by atoms with van der Waals surface area (Å²) in [5.74, 6) is -0.175. The van der Waals surface area contributed by atoms with Gasteiger partial charge in [-0.05, 0) is 30.3 Å². The highest BCUT2D eigenvalue weighted by Crippen LogP contribution is 2.31. The topological polar surface area (TPSA) is 113 Å². The quantitative estimate of drug-likeness (QED) is 0.639. The normalized spacial score (nSPS) is 15.2. The molecule has 0 radical (unpaired) electrons. The van der Waals surface area contributed by atoms with Crippen molar-refractivity contribution in [3.63, 3.8) is 0 Å². The number of amides is 1. The summed E-state index contributed by atoms with van der Waals surface area (Å²) in [7, 11) is -3.79. The summed E-state index contributed by atoms with van der Waals surface area (Å²) < 4.78 is 24.0. The molecule has 0 unspecified atom stereocenters. The molecule has 0 spiro atoms. The van der Waals surface area contributed by atoms with Gasteiger partial charge in [-0.1, -0.05) is 18.2 Å². The Kier molecular flexibility index (Phi) is 3.77. The molecule has 1 aliphatic rings. The standard InChI is InChI=1S/C15H14N4O3S/c16-23(21,22)19-11-7-5-10(6-8-11)17-9-13-12-3-1-2-4-14(12)18-15(13)20/h1-9,17,19H,(H,18,20)(H2,16,21,22). The van der Waals surface area contributed by atoms with E-state index in [-0.39, 0.29) is 5.91 Å². The third-order valence-electron chi connectivity index (χ3n) is 3.24. The summed E-state index contributed by atoms with van der Waals surface area (Å²) in [6, 6.07) is 13.9. The van der Waals surface area contributed by atoms with Gasteiger partial charge >= 0.3 is 0 Å². The third-order valence-corrected chi connectivity index (χ3v) is 3.76. The van der Waals surface area contributed by atoms with Crippen LogP contribution in [0.2, 0.25) is 0 Å². The van der Waals surface area contributed by atoms with Gasteiger partial charge in [0.1, 0.15) is 0 Å². The molecule has 23 heavy (non-hydrogen) atoms. The predicted molar refractivity (Wildman–Crippen MR) is 89.8 cm³/mol. The molecule has 5 N–H and O–H groups in total. The fourth-order valence-electron chi connectivity index (χ4n) is 2.24. The molecule has 0 saturated carbocycles. The van der Waals surface area contributed by atoms with E-state index in [1.807, 2.05) is 24.3 Å². The van der Waals surface area contributed by atoms with Crippen LogP contribution >= 0.6 is 0 Å². The Balaban J connectivity index is 1.77. The Hall–Kier alpha value is -2.84. The Morgan fingerprint density at radius 1 is 1.00 bits per heavy atom. The molecule has 0 atom stereocenters. The van der Waals surface area contributed by atoms with Crippen LogP contribution in [0.25, 0.3) is 5.57 Å². The lowest BCUT2D eigenvalue weighted by Crippen LogP contribution is -2.21. The summed E-state index contributed by atoms with van der Waals surface area (Å²) in [5.41, 5.74) is 3.20. The summed E-state index contributed by atoms with van der Waals surface area (Å²) in [6.45, 7) is 0. The number of hydrogen-bond donors (Lipinski definition) is 4. The number of anilines is 3. The number of nitrogens with two attached hydrogens (primary N) is 1. The average Bonchev–Trinajstić information content (AvgIpc) is 2.80. The summed E-state index contributed by atoms with van der Waals surface area (Å²) >= 11 is 0. The smallest absolute Gasteiger partial charge is 0.296 e. The second-order valence-electron chi connectivity index (χ2n) is 4.93. The predicted octanol–water partition coefficient (Wildman–Crippen LogP) is 1.71. The summed E-state index contributed by atoms with van der Waals surface area (Å²) in [4.78, 5) is 12.0. The summed E-state index contributed by atoms with van der Waals surface area (Å²) in [6.07, 6.45) is 1.61. The Labute approximate surface area is 133 Å². The van der Waals surface area contributed by atoms with Crippen LogP contribution in [0.4, 0.5) is 17.1 Å². The van der Waals surface area contributed by atoms with E-state index < -0.39 is 10.2 Å². The van der Waals surface area contributed by atoms with Crippen LogP contribution in [-0.2, 0) is 15.0 Å². The zero-order chi connectivity index (χ0) is 16.4. The molecule has 0 saturated heterocycles. The van der Waals surface area contributed by atoms with Gasteiger partial charge < -0.3 is 10.6 Å². The van der Waals surface area contributed by atoms with Crippen LogP contribution in [0.3, 0.4) is 0 Å². The molecule has 0 fully saturated rings. The van der Waals surface area contributed by atoms with Crippen LogP contribution in [0.1, 0.15) is 5.56 Å². The first-order valence-electron chi connectivity index (χ1n) is 6.70. The van der Waals surface area contributed by atoms with Crippen LogP contribution < -0.4 is 20.5 Å². The van der Waals surface area contributed by atoms with Crippen molar-refractivity contribution in [3.05, 3.63) is 60.3 Å². The number of para-hydroxylation sites is 1. The van der Waals surface area contributed by atoms with E-state index in [4.69, 9.17) is 5.14 Å². The van der Waals surface area contributed by atoms with Crippen molar-refractivity contribution in [3.8, 4) is 0 Å². The maximum Gasteiger partial charge on any atom is 0.296 e. The Bertz CT molecular complexity index is 889. The molecular formula is C15H14N4O3S. The van der Waals surface area contributed by atoms with Crippen molar-refractivity contribution in [2.24, 2.45) is 5.14 Å². The van der Waals surface area contributed by atoms with Crippen LogP contribution in [0, 0.1) is 0 Å². The van der Waals surface area contributed by atoms with Crippen LogP contribution in [-0.4, -0.2) is 14.3 Å². The maximum absolute atomic E-state index is 12.0. The second kappa shape index (κ2) is 5.75. The van der Waals surface area contributed by atoms with Crippen molar-refractivity contribution in [1.82, 2.24) is 0 Å². The van der Waals surface area contributed by atoms with E-state index in [2.05, 4.69) is 15.4 Å². The Morgan fingerprint density at radius 2 is 1.65 bits per heavy atom. The van der Waals surface area contributed by atoms with Crippen molar-refractivity contribution in [2.45, 2.75) is 0 Å². The molecule has 2 aromatic rings. The molecule has 3 rings (SSSR count). The van der Waals surface area contributed by atoms with Gasteiger partial charge in [-0.15, -0.1) is 0 Å². The van der Waals surface area contributed by atoms with E-state index in [1.54, 1.807) is 30.5 Å². The molecule has 1 amide bonds. The number of nitrogens with one attached hydrogen (secondary N) is 3. The van der Waals surface area contributed by atoms with Crippen molar-refractivity contribution in [1.29, 1.82) is 0 Å². The first-order chi connectivity index (χ1) is 10.9. The molecule has 8 heteroatoms. The van der Waals surface area contributed by atoms with Gasteiger partial charge in [-0.3, -0.25) is 9.52 Å². The fourth-order valence-corrected chi connectivity index (χ4v) is 2.70. The lowest BCUT2D eigenvalue weighted by molar-refractivity contribution is -0.110. The number of carbonyl (C=O) groups is 1. The SMILES string of the molecule is NS(=O)(=O)Nc1ccc(NC=C2C(=O)Nc3ccccc32)cc1. The highest BCUT2D eigenvalue weighted by Gasteiger charge is 2.23. The van der Waals surface area contributed by atoms with Gasteiger partial charge in [0.2, 0.25) is 0 Å². The zero-order valence-corrected chi connectivity index (χ0v) is 12.7. The number of benzene rings is 2. The highest BCUT2D eigenvalue weighted by molar-refractivity contribution is 7.90. The average molecular weight is 330 g/mol. The molecule has 7 nitrogen and oxygen atoms in total. The minimum Gasteiger partial charge on any atom is -0.361 e. The zero-order valence-electron chi connectivity index (χ0n) is 11.9. The number of rotatable bonds is 4. The summed E-state index contributed by atoms with van der Waals surface area (Å²) in [5, 5.41) is 10.7. The van der Waals surface area contributed by atoms with Gasteiger partial charge in [0.25, 0.3) is 16.1 Å². The molecule has 0 aromatic heterocycles. The van der Waals surface area contributed by atoms with E-state index in [0.29, 0.717) is 16.9 Å². The molecule has 1 heterocycles. The fraction of sp³-hybridized carbons (Fsp3) is 0.